The molecule has 1 unspecified atom stereocenters. The topological polar surface area (TPSA) is 46.1 Å². The molecular formula is C9H10BrClFN3O. The normalized spacial score (nSPS) is 12.2. The predicted octanol–water partition coefficient (Wildman–Crippen LogP) is 1.77. The van der Waals surface area contributed by atoms with Crippen LogP contribution in [0.5, 0.6) is 0 Å². The molecule has 1 heterocycles. The molecule has 1 aromatic heterocycles. The summed E-state index contributed by atoms with van der Waals surface area (Å²) < 4.78 is 13.2. The maximum absolute atomic E-state index is 12.5. The molecule has 0 fully saturated rings. The highest BCUT2D eigenvalue weighted by Crippen LogP contribution is 2.06. The van der Waals surface area contributed by atoms with Gasteiger partial charge in [0.15, 0.2) is 0 Å². The van der Waals surface area contributed by atoms with Crippen molar-refractivity contribution < 1.29 is 9.18 Å². The van der Waals surface area contributed by atoms with E-state index in [1.54, 1.807) is 12.4 Å². The van der Waals surface area contributed by atoms with Crippen molar-refractivity contribution in [2.75, 3.05) is 13.6 Å². The van der Waals surface area contributed by atoms with Crippen LogP contribution in [0.15, 0.2) is 16.9 Å². The van der Waals surface area contributed by atoms with Crippen LogP contribution in [0.4, 0.5) is 4.39 Å². The lowest BCUT2D eigenvalue weighted by Gasteiger charge is -2.16. The molecule has 0 saturated carbocycles. The third kappa shape index (κ3) is 4.02. The largest absolute Gasteiger partial charge is 0.342 e. The molecule has 88 valence electrons. The van der Waals surface area contributed by atoms with E-state index < -0.39 is 11.5 Å². The molecular weight excluding hydrogens is 300 g/mol. The molecule has 0 aliphatic heterocycles. The van der Waals surface area contributed by atoms with Crippen LogP contribution in [0, 0.1) is 0 Å². The number of halogens is 3. The summed E-state index contributed by atoms with van der Waals surface area (Å²) in [6, 6.07) is 0. The maximum Gasteiger partial charge on any atom is 0.272 e. The zero-order valence-corrected chi connectivity index (χ0v) is 10.9. The third-order valence-corrected chi connectivity index (χ3v) is 2.50. The van der Waals surface area contributed by atoms with Gasteiger partial charge >= 0.3 is 0 Å². The van der Waals surface area contributed by atoms with Crippen molar-refractivity contribution in [2.24, 2.45) is 0 Å². The van der Waals surface area contributed by atoms with Gasteiger partial charge in [-0.1, -0.05) is 11.6 Å². The smallest absolute Gasteiger partial charge is 0.272 e. The number of amides is 1. The Bertz CT molecular complexity index is 360. The molecule has 1 atom stereocenters. The molecule has 4 nitrogen and oxygen atoms in total. The van der Waals surface area contributed by atoms with Crippen LogP contribution in [-0.2, 0) is 11.2 Å². The molecule has 16 heavy (non-hydrogen) atoms. The van der Waals surface area contributed by atoms with Gasteiger partial charge < -0.3 is 4.90 Å². The summed E-state index contributed by atoms with van der Waals surface area (Å²) in [6.07, 6.45) is 3.69. The van der Waals surface area contributed by atoms with Crippen LogP contribution in [0.1, 0.15) is 5.82 Å². The van der Waals surface area contributed by atoms with E-state index in [4.69, 9.17) is 11.6 Å². The fraction of sp³-hybridized carbons (Fsp3) is 0.444. The standard InChI is InChI=1S/C9H10BrClFN3O/c1-15(9(16)8(11)12)3-2-7-13-4-6(10)5-14-7/h4-5,8H,2-3H2,1H3. The number of hydrogen-bond donors (Lipinski definition) is 0. The van der Waals surface area contributed by atoms with Gasteiger partial charge in [-0.3, -0.25) is 4.79 Å². The zero-order valence-electron chi connectivity index (χ0n) is 8.53. The number of carbonyl (C=O) groups excluding carboxylic acids is 1. The number of alkyl halides is 2. The van der Waals surface area contributed by atoms with Crippen LogP contribution in [-0.4, -0.2) is 40.0 Å². The Balaban J connectivity index is 2.45. The van der Waals surface area contributed by atoms with Crippen LogP contribution < -0.4 is 0 Å². The first-order chi connectivity index (χ1) is 7.50. The Labute approximate surface area is 106 Å². The van der Waals surface area contributed by atoms with Gasteiger partial charge in [0.05, 0.1) is 4.47 Å². The highest BCUT2D eigenvalue weighted by Gasteiger charge is 2.18. The Morgan fingerprint density at radius 3 is 2.69 bits per heavy atom. The number of hydrogen-bond acceptors (Lipinski definition) is 3. The van der Waals surface area contributed by atoms with Gasteiger partial charge in [0.25, 0.3) is 11.5 Å². The number of nitrogens with zero attached hydrogens (tertiary/aromatic N) is 3. The van der Waals surface area contributed by atoms with Gasteiger partial charge in [0.1, 0.15) is 5.82 Å². The molecule has 0 N–H and O–H groups in total. The number of likely N-dealkylation sites (N-methyl/N-ethyl adjacent to an activating group) is 1. The highest BCUT2D eigenvalue weighted by molar-refractivity contribution is 9.10. The van der Waals surface area contributed by atoms with Crippen LogP contribution in [0.25, 0.3) is 0 Å². The van der Waals surface area contributed by atoms with Crippen molar-refractivity contribution in [2.45, 2.75) is 12.1 Å². The van der Waals surface area contributed by atoms with Crippen LogP contribution in [0.3, 0.4) is 0 Å². The summed E-state index contributed by atoms with van der Waals surface area (Å²) >= 11 is 8.24. The van der Waals surface area contributed by atoms with E-state index in [1.165, 1.54) is 11.9 Å². The number of aromatic nitrogens is 2. The van der Waals surface area contributed by atoms with Gasteiger partial charge in [0.2, 0.25) is 0 Å². The molecule has 0 spiro atoms. The molecule has 0 aliphatic carbocycles. The monoisotopic (exact) mass is 309 g/mol. The molecule has 0 aliphatic rings. The average Bonchev–Trinajstić information content (AvgIpc) is 2.26. The number of rotatable bonds is 4. The van der Waals surface area contributed by atoms with E-state index >= 15 is 0 Å². The quantitative estimate of drug-likeness (QED) is 0.796. The van der Waals surface area contributed by atoms with Gasteiger partial charge in [-0.25, -0.2) is 14.4 Å². The van der Waals surface area contributed by atoms with E-state index in [0.29, 0.717) is 18.8 Å². The SMILES string of the molecule is CN(CCc1ncc(Br)cn1)C(=O)C(F)Cl. The Morgan fingerprint density at radius 1 is 1.62 bits per heavy atom. The fourth-order valence-electron chi connectivity index (χ4n) is 1.01. The lowest BCUT2D eigenvalue weighted by Crippen LogP contribution is -2.33. The zero-order chi connectivity index (χ0) is 12.1. The first-order valence-corrected chi connectivity index (χ1v) is 5.73. The van der Waals surface area contributed by atoms with E-state index in [2.05, 4.69) is 25.9 Å². The molecule has 7 heteroatoms. The van der Waals surface area contributed by atoms with E-state index in [1.807, 2.05) is 0 Å². The first-order valence-electron chi connectivity index (χ1n) is 4.50. The first kappa shape index (κ1) is 13.3. The second-order valence-corrected chi connectivity index (χ2v) is 4.43. The number of carbonyl (C=O) groups is 1. The van der Waals surface area contributed by atoms with Crippen molar-refractivity contribution in [3.8, 4) is 0 Å². The maximum atomic E-state index is 12.5. The molecule has 0 saturated heterocycles. The Morgan fingerprint density at radius 2 is 2.19 bits per heavy atom. The summed E-state index contributed by atoms with van der Waals surface area (Å²) in [7, 11) is 1.48. The molecule has 0 bridgehead atoms. The molecule has 0 aromatic carbocycles. The lowest BCUT2D eigenvalue weighted by atomic mass is 10.3. The predicted molar refractivity (Wildman–Crippen MR) is 61.8 cm³/mol. The summed E-state index contributed by atoms with van der Waals surface area (Å²) in [5.41, 5.74) is -1.99. The Hall–Kier alpha value is -0.750. The van der Waals surface area contributed by atoms with Gasteiger partial charge in [0, 0.05) is 32.4 Å². The van der Waals surface area contributed by atoms with E-state index in [-0.39, 0.29) is 0 Å². The van der Waals surface area contributed by atoms with Crippen LogP contribution >= 0.6 is 27.5 Å². The molecule has 1 amide bonds. The highest BCUT2D eigenvalue weighted by atomic mass is 79.9. The van der Waals surface area contributed by atoms with Crippen molar-refractivity contribution in [3.05, 3.63) is 22.7 Å². The van der Waals surface area contributed by atoms with E-state index in [0.717, 1.165) is 4.47 Å². The van der Waals surface area contributed by atoms with Crippen LogP contribution in [0.2, 0.25) is 0 Å². The molecule has 1 aromatic rings. The fourth-order valence-corrected chi connectivity index (χ4v) is 1.38. The minimum absolute atomic E-state index is 0.327. The third-order valence-electron chi connectivity index (χ3n) is 1.91. The summed E-state index contributed by atoms with van der Waals surface area (Å²) in [4.78, 5) is 20.4. The summed E-state index contributed by atoms with van der Waals surface area (Å²) in [5.74, 6) is -0.161. The van der Waals surface area contributed by atoms with E-state index in [9.17, 15) is 9.18 Å². The van der Waals surface area contributed by atoms with Crippen molar-refractivity contribution in [3.63, 3.8) is 0 Å². The minimum Gasteiger partial charge on any atom is -0.342 e. The van der Waals surface area contributed by atoms with Gasteiger partial charge in [-0.2, -0.15) is 0 Å². The lowest BCUT2D eigenvalue weighted by molar-refractivity contribution is -0.132. The molecule has 1 rings (SSSR count). The van der Waals surface area contributed by atoms with Gasteiger partial charge in [-0.15, -0.1) is 0 Å². The summed E-state index contributed by atoms with van der Waals surface area (Å²) in [6.45, 7) is 0.327. The average molecular weight is 311 g/mol. The van der Waals surface area contributed by atoms with Crippen molar-refractivity contribution in [1.82, 2.24) is 14.9 Å². The second kappa shape index (κ2) is 6.10. The van der Waals surface area contributed by atoms with Gasteiger partial charge in [-0.05, 0) is 15.9 Å². The minimum atomic E-state index is -1.99. The van der Waals surface area contributed by atoms with Crippen molar-refractivity contribution >= 4 is 33.4 Å². The van der Waals surface area contributed by atoms with Crippen molar-refractivity contribution in [1.29, 1.82) is 0 Å². The molecule has 0 radical (unpaired) electrons. The Kier molecular flexibility index (Phi) is 5.08. The second-order valence-electron chi connectivity index (χ2n) is 3.13. The summed E-state index contributed by atoms with van der Waals surface area (Å²) in [5, 5.41) is 0.